The molecular formula is C18H15Cl3N4S. The van der Waals surface area contributed by atoms with E-state index >= 15 is 0 Å². The van der Waals surface area contributed by atoms with Gasteiger partial charge >= 0.3 is 0 Å². The van der Waals surface area contributed by atoms with E-state index in [1.165, 1.54) is 0 Å². The lowest BCUT2D eigenvalue weighted by Crippen LogP contribution is -2.18. The molecule has 1 aromatic heterocycles. The van der Waals surface area contributed by atoms with Gasteiger partial charge < -0.3 is 10.6 Å². The van der Waals surface area contributed by atoms with Gasteiger partial charge in [-0.1, -0.05) is 46.9 Å². The Kier molecular flexibility index (Phi) is 6.04. The van der Waals surface area contributed by atoms with Crippen molar-refractivity contribution in [2.24, 2.45) is 0 Å². The molecule has 2 aromatic carbocycles. The van der Waals surface area contributed by atoms with Crippen LogP contribution in [0.1, 0.15) is 11.1 Å². The summed E-state index contributed by atoms with van der Waals surface area (Å²) in [6, 6.07) is 11.1. The van der Waals surface area contributed by atoms with Gasteiger partial charge in [-0.05, 0) is 49.0 Å². The molecule has 2 N–H and O–H groups in total. The Labute approximate surface area is 172 Å². The van der Waals surface area contributed by atoms with Crippen LogP contribution in [0.2, 0.25) is 15.1 Å². The number of halogens is 3. The monoisotopic (exact) mass is 424 g/mol. The average molecular weight is 426 g/mol. The highest BCUT2D eigenvalue weighted by Gasteiger charge is 2.08. The number of nitrogens with one attached hydrogen (secondary N) is 2. The summed E-state index contributed by atoms with van der Waals surface area (Å²) in [5.74, 6) is 0. The first-order valence-electron chi connectivity index (χ1n) is 7.72. The number of aromatic nitrogens is 2. The Bertz CT molecular complexity index is 935. The number of nitrogens with zero attached hydrogens (tertiary/aromatic N) is 2. The molecule has 0 aliphatic rings. The average Bonchev–Trinajstić information content (AvgIpc) is 3.01. The molecule has 0 spiro atoms. The first-order valence-corrected chi connectivity index (χ1v) is 9.26. The summed E-state index contributed by atoms with van der Waals surface area (Å²) in [6.07, 6.45) is 3.51. The van der Waals surface area contributed by atoms with E-state index in [0.717, 1.165) is 22.5 Å². The third-order valence-corrected chi connectivity index (χ3v) is 5.02. The third kappa shape index (κ3) is 4.68. The predicted octanol–water partition coefficient (Wildman–Crippen LogP) is 6.01. The summed E-state index contributed by atoms with van der Waals surface area (Å²) in [7, 11) is 0. The van der Waals surface area contributed by atoms with Crippen molar-refractivity contribution in [1.29, 1.82) is 0 Å². The predicted molar refractivity (Wildman–Crippen MR) is 114 cm³/mol. The summed E-state index contributed by atoms with van der Waals surface area (Å²) < 4.78 is 1.74. The Morgan fingerprint density at radius 1 is 1.04 bits per heavy atom. The number of benzene rings is 2. The van der Waals surface area contributed by atoms with E-state index < -0.39 is 0 Å². The van der Waals surface area contributed by atoms with Gasteiger partial charge in [0.15, 0.2) is 5.11 Å². The molecule has 0 atom stereocenters. The van der Waals surface area contributed by atoms with Crippen molar-refractivity contribution in [2.45, 2.75) is 13.5 Å². The molecule has 0 radical (unpaired) electrons. The van der Waals surface area contributed by atoms with Gasteiger partial charge in [-0.25, -0.2) is 0 Å². The topological polar surface area (TPSA) is 41.9 Å². The maximum absolute atomic E-state index is 6.20. The molecular weight excluding hydrogens is 411 g/mol. The van der Waals surface area contributed by atoms with Crippen molar-refractivity contribution in [3.05, 3.63) is 75.0 Å². The molecule has 8 heteroatoms. The molecule has 0 saturated carbocycles. The van der Waals surface area contributed by atoms with Gasteiger partial charge in [-0.3, -0.25) is 4.68 Å². The molecule has 4 nitrogen and oxygen atoms in total. The molecule has 0 amide bonds. The van der Waals surface area contributed by atoms with E-state index in [1.807, 2.05) is 37.4 Å². The molecule has 0 unspecified atom stereocenters. The van der Waals surface area contributed by atoms with Crippen molar-refractivity contribution in [1.82, 2.24) is 9.78 Å². The fourth-order valence-corrected chi connectivity index (χ4v) is 3.26. The van der Waals surface area contributed by atoms with E-state index in [-0.39, 0.29) is 0 Å². The Morgan fingerprint density at radius 3 is 2.42 bits per heavy atom. The molecule has 0 aliphatic heterocycles. The molecule has 26 heavy (non-hydrogen) atoms. The smallest absolute Gasteiger partial charge is 0.175 e. The van der Waals surface area contributed by atoms with Gasteiger partial charge in [0.1, 0.15) is 0 Å². The molecule has 0 bridgehead atoms. The van der Waals surface area contributed by atoms with Gasteiger partial charge in [0.2, 0.25) is 0 Å². The van der Waals surface area contributed by atoms with Gasteiger partial charge in [0, 0.05) is 32.5 Å². The molecule has 134 valence electrons. The van der Waals surface area contributed by atoms with Crippen LogP contribution in [0.4, 0.5) is 11.4 Å². The van der Waals surface area contributed by atoms with Crippen LogP contribution in [0.5, 0.6) is 0 Å². The van der Waals surface area contributed by atoms with E-state index in [0.29, 0.717) is 26.7 Å². The van der Waals surface area contributed by atoms with Crippen LogP contribution in [-0.2, 0) is 6.54 Å². The first-order chi connectivity index (χ1) is 12.4. The lowest BCUT2D eigenvalue weighted by Gasteiger charge is -2.10. The highest BCUT2D eigenvalue weighted by Crippen LogP contribution is 2.25. The van der Waals surface area contributed by atoms with Crippen LogP contribution in [0.15, 0.2) is 48.8 Å². The maximum atomic E-state index is 6.20. The minimum Gasteiger partial charge on any atom is -0.332 e. The molecule has 3 rings (SSSR count). The van der Waals surface area contributed by atoms with Crippen molar-refractivity contribution in [2.75, 3.05) is 10.6 Å². The molecule has 0 fully saturated rings. The summed E-state index contributed by atoms with van der Waals surface area (Å²) in [5.41, 5.74) is 3.40. The van der Waals surface area contributed by atoms with Gasteiger partial charge in [-0.2, -0.15) is 5.10 Å². The number of anilines is 2. The maximum Gasteiger partial charge on any atom is 0.175 e. The Hall–Kier alpha value is -1.79. The summed E-state index contributed by atoms with van der Waals surface area (Å²) in [6.45, 7) is 2.41. The van der Waals surface area contributed by atoms with Crippen molar-refractivity contribution in [3.63, 3.8) is 0 Å². The number of hydrogen-bond donors (Lipinski definition) is 2. The highest BCUT2D eigenvalue weighted by molar-refractivity contribution is 7.80. The van der Waals surface area contributed by atoms with Crippen LogP contribution in [-0.4, -0.2) is 14.9 Å². The summed E-state index contributed by atoms with van der Waals surface area (Å²) in [4.78, 5) is 0. The van der Waals surface area contributed by atoms with E-state index in [4.69, 9.17) is 47.0 Å². The second kappa shape index (κ2) is 8.27. The van der Waals surface area contributed by atoms with Crippen LogP contribution >= 0.6 is 47.0 Å². The van der Waals surface area contributed by atoms with Crippen molar-refractivity contribution in [3.8, 4) is 0 Å². The number of aryl methyl sites for hydroxylation is 1. The minimum atomic E-state index is 0.445. The molecule has 1 heterocycles. The fourth-order valence-electron chi connectivity index (χ4n) is 2.32. The lowest BCUT2D eigenvalue weighted by molar-refractivity contribution is 0.687. The van der Waals surface area contributed by atoms with Gasteiger partial charge in [0.25, 0.3) is 0 Å². The van der Waals surface area contributed by atoms with Crippen LogP contribution in [0.25, 0.3) is 0 Å². The van der Waals surface area contributed by atoms with Crippen molar-refractivity contribution < 1.29 is 0 Å². The zero-order valence-electron chi connectivity index (χ0n) is 13.8. The summed E-state index contributed by atoms with van der Waals surface area (Å²) >= 11 is 23.9. The normalized spacial score (nSPS) is 10.6. The minimum absolute atomic E-state index is 0.445. The van der Waals surface area contributed by atoms with Gasteiger partial charge in [0.05, 0.1) is 18.4 Å². The Morgan fingerprint density at radius 2 is 1.73 bits per heavy atom. The fraction of sp³-hybridized carbons (Fsp3) is 0.111. The van der Waals surface area contributed by atoms with Crippen LogP contribution in [0.3, 0.4) is 0 Å². The number of rotatable bonds is 4. The van der Waals surface area contributed by atoms with E-state index in [2.05, 4.69) is 15.7 Å². The lowest BCUT2D eigenvalue weighted by atomic mass is 10.2. The molecule has 0 saturated heterocycles. The highest BCUT2D eigenvalue weighted by atomic mass is 35.5. The zero-order chi connectivity index (χ0) is 18.7. The van der Waals surface area contributed by atoms with E-state index in [9.17, 15) is 0 Å². The van der Waals surface area contributed by atoms with Crippen LogP contribution in [0, 0.1) is 6.92 Å². The standard InChI is InChI=1S/C18H15Cl3N4S/c1-11-5-6-12(7-17(11)21)23-18(26)24-13-8-22-25(9-13)10-14-15(19)3-2-4-16(14)20/h2-9H,10H2,1H3,(H2,23,24,26). The molecule has 3 aromatic rings. The van der Waals surface area contributed by atoms with Gasteiger partial charge in [-0.15, -0.1) is 0 Å². The third-order valence-electron chi connectivity index (χ3n) is 3.70. The zero-order valence-corrected chi connectivity index (χ0v) is 16.8. The first kappa shape index (κ1) is 19.0. The number of thiocarbonyl (C=S) groups is 1. The van der Waals surface area contributed by atoms with Crippen molar-refractivity contribution >= 4 is 63.5 Å². The molecule has 0 aliphatic carbocycles. The Balaban J connectivity index is 1.64. The SMILES string of the molecule is Cc1ccc(NC(=S)Nc2cnn(Cc3c(Cl)cccc3Cl)c2)cc1Cl. The summed E-state index contributed by atoms with van der Waals surface area (Å²) in [5, 5.41) is 12.8. The second-order valence-electron chi connectivity index (χ2n) is 5.67. The largest absolute Gasteiger partial charge is 0.332 e. The second-order valence-corrected chi connectivity index (χ2v) is 7.30. The van der Waals surface area contributed by atoms with Crippen LogP contribution < -0.4 is 10.6 Å². The number of hydrogen-bond acceptors (Lipinski definition) is 2. The van der Waals surface area contributed by atoms with E-state index in [1.54, 1.807) is 23.0 Å². The quantitative estimate of drug-likeness (QED) is 0.502.